The Labute approximate surface area is 50.5 Å². The number of hydrogen-bond donors (Lipinski definition) is 0. The van der Waals surface area contributed by atoms with Crippen LogP contribution in [0.1, 0.15) is 0 Å². The van der Waals surface area contributed by atoms with Gasteiger partial charge >= 0.3 is 0 Å². The van der Waals surface area contributed by atoms with E-state index in [1.165, 1.54) is 13.4 Å². The molecule has 0 radical (unpaired) electrons. The molecule has 0 spiro atoms. The van der Waals surface area contributed by atoms with Gasteiger partial charge in [0.25, 0.3) is 0 Å². The topological polar surface area (TPSA) is 33.0 Å². The van der Waals surface area contributed by atoms with E-state index in [1.807, 2.05) is 6.07 Å². The average Bonchev–Trinajstić information content (AvgIpc) is 1.68. The molecule has 0 aliphatic carbocycles. The summed E-state index contributed by atoms with van der Waals surface area (Å²) < 4.78 is 4.86. The Balaban J connectivity index is 3.57. The lowest BCUT2D eigenvalue weighted by atomic mass is 10.7. The van der Waals surface area contributed by atoms with Crippen molar-refractivity contribution in [1.29, 1.82) is 5.26 Å². The molecular formula is C4H4BrNO. The van der Waals surface area contributed by atoms with Gasteiger partial charge in [-0.25, -0.2) is 0 Å². The van der Waals surface area contributed by atoms with Gasteiger partial charge in [-0.3, -0.25) is 0 Å². The molecule has 0 aromatic heterocycles. The zero-order valence-electron chi connectivity index (χ0n) is 3.81. The lowest BCUT2D eigenvalue weighted by molar-refractivity contribution is 0.337. The van der Waals surface area contributed by atoms with Crippen LogP contribution in [0.4, 0.5) is 0 Å². The van der Waals surface area contributed by atoms with Crippen molar-refractivity contribution < 1.29 is 4.74 Å². The van der Waals surface area contributed by atoms with E-state index < -0.39 is 0 Å². The summed E-state index contributed by atoms with van der Waals surface area (Å²) in [5, 5.41) is 8.02. The second kappa shape index (κ2) is 3.69. The van der Waals surface area contributed by atoms with Crippen LogP contribution in [0, 0.1) is 11.3 Å². The van der Waals surface area contributed by atoms with Crippen LogP contribution in [0.3, 0.4) is 0 Å². The third-order valence-corrected chi connectivity index (χ3v) is 0.692. The maximum absolute atomic E-state index is 8.02. The lowest BCUT2D eigenvalue weighted by Crippen LogP contribution is -1.65. The van der Waals surface area contributed by atoms with E-state index in [-0.39, 0.29) is 0 Å². The third kappa shape index (κ3) is 3.34. The molecule has 0 saturated heterocycles. The predicted molar refractivity (Wildman–Crippen MR) is 29.6 cm³/mol. The maximum Gasteiger partial charge on any atom is 0.129 e. The van der Waals surface area contributed by atoms with E-state index >= 15 is 0 Å². The van der Waals surface area contributed by atoms with Gasteiger partial charge in [-0.1, -0.05) is 0 Å². The average molecular weight is 162 g/mol. The molecule has 0 N–H and O–H groups in total. The molecule has 0 aliphatic rings. The quantitative estimate of drug-likeness (QED) is 0.431. The van der Waals surface area contributed by atoms with Gasteiger partial charge < -0.3 is 4.74 Å². The van der Waals surface area contributed by atoms with Gasteiger partial charge in [0, 0.05) is 0 Å². The number of hydrogen-bond acceptors (Lipinski definition) is 2. The molecule has 0 saturated carbocycles. The molecule has 0 aromatic carbocycles. The monoisotopic (exact) mass is 161 g/mol. The highest BCUT2D eigenvalue weighted by molar-refractivity contribution is 9.12. The van der Waals surface area contributed by atoms with E-state index in [0.29, 0.717) is 4.48 Å². The van der Waals surface area contributed by atoms with Gasteiger partial charge in [-0.05, 0) is 15.9 Å². The van der Waals surface area contributed by atoms with E-state index in [1.54, 1.807) is 0 Å². The molecule has 0 bridgehead atoms. The Kier molecular flexibility index (Phi) is 3.43. The van der Waals surface area contributed by atoms with Gasteiger partial charge in [0.2, 0.25) is 0 Å². The fourth-order valence-electron chi connectivity index (χ4n) is 0.130. The van der Waals surface area contributed by atoms with Gasteiger partial charge in [0.1, 0.15) is 16.8 Å². The SMILES string of the molecule is CO/C=C(\Br)C#N. The highest BCUT2D eigenvalue weighted by Gasteiger charge is 1.79. The van der Waals surface area contributed by atoms with Crippen molar-refractivity contribution in [3.05, 3.63) is 10.7 Å². The number of ether oxygens (including phenoxy) is 1. The number of nitrogens with zero attached hydrogens (tertiary/aromatic N) is 1. The molecule has 0 fully saturated rings. The molecule has 7 heavy (non-hydrogen) atoms. The fraction of sp³-hybridized carbons (Fsp3) is 0.250. The van der Waals surface area contributed by atoms with Crippen molar-refractivity contribution in [1.82, 2.24) is 0 Å². The first-order valence-corrected chi connectivity index (χ1v) is 2.39. The van der Waals surface area contributed by atoms with Crippen molar-refractivity contribution in [3.63, 3.8) is 0 Å². The van der Waals surface area contributed by atoms with E-state index in [2.05, 4.69) is 20.7 Å². The largest absolute Gasteiger partial charge is 0.502 e. The van der Waals surface area contributed by atoms with Crippen molar-refractivity contribution in [2.75, 3.05) is 7.11 Å². The first-order valence-electron chi connectivity index (χ1n) is 1.60. The summed E-state index contributed by atoms with van der Waals surface area (Å²) >= 11 is 2.91. The summed E-state index contributed by atoms with van der Waals surface area (Å²) in [6.45, 7) is 0. The van der Waals surface area contributed by atoms with Crippen LogP contribution < -0.4 is 0 Å². The summed E-state index contributed by atoms with van der Waals surface area (Å²) in [5.41, 5.74) is 0. The highest BCUT2D eigenvalue weighted by Crippen LogP contribution is 1.99. The molecule has 0 amide bonds. The van der Waals surface area contributed by atoms with Crippen LogP contribution in [-0.2, 0) is 4.74 Å². The Morgan fingerprint density at radius 1 is 2.00 bits per heavy atom. The summed E-state index contributed by atoms with van der Waals surface area (Å²) in [4.78, 5) is 0. The summed E-state index contributed by atoms with van der Waals surface area (Å²) in [7, 11) is 1.48. The summed E-state index contributed by atoms with van der Waals surface area (Å²) in [5.74, 6) is 0. The normalized spacial score (nSPS) is 10.1. The number of rotatable bonds is 1. The predicted octanol–water partition coefficient (Wildman–Crippen LogP) is 1.39. The molecule has 0 heterocycles. The second-order valence-electron chi connectivity index (χ2n) is 0.813. The van der Waals surface area contributed by atoms with Crippen molar-refractivity contribution in [2.24, 2.45) is 0 Å². The molecular weight excluding hydrogens is 158 g/mol. The van der Waals surface area contributed by atoms with E-state index in [9.17, 15) is 0 Å². The standard InChI is InChI=1S/C4H4BrNO/c1-7-3-4(5)2-6/h3H,1H3/b4-3-. The van der Waals surface area contributed by atoms with Gasteiger partial charge in [0.15, 0.2) is 0 Å². The smallest absolute Gasteiger partial charge is 0.129 e. The number of halogens is 1. The third-order valence-electron chi connectivity index (χ3n) is 0.328. The molecule has 3 heteroatoms. The zero-order valence-corrected chi connectivity index (χ0v) is 5.40. The van der Waals surface area contributed by atoms with Crippen LogP contribution in [0.25, 0.3) is 0 Å². The van der Waals surface area contributed by atoms with Crippen molar-refractivity contribution >= 4 is 15.9 Å². The fourth-order valence-corrected chi connectivity index (χ4v) is 0.317. The summed E-state index contributed by atoms with van der Waals surface area (Å²) in [6, 6.07) is 1.82. The molecule has 0 rings (SSSR count). The molecule has 0 aromatic rings. The minimum atomic E-state index is 0.398. The zero-order chi connectivity index (χ0) is 5.70. The van der Waals surface area contributed by atoms with E-state index in [4.69, 9.17) is 5.26 Å². The van der Waals surface area contributed by atoms with Gasteiger partial charge in [-0.15, -0.1) is 0 Å². The molecule has 38 valence electrons. The van der Waals surface area contributed by atoms with Crippen LogP contribution in [0.15, 0.2) is 10.7 Å². The Morgan fingerprint density at radius 2 is 2.57 bits per heavy atom. The first-order chi connectivity index (χ1) is 3.31. The van der Waals surface area contributed by atoms with Crippen LogP contribution in [0.2, 0.25) is 0 Å². The van der Waals surface area contributed by atoms with Gasteiger partial charge in [-0.2, -0.15) is 5.26 Å². The maximum atomic E-state index is 8.02. The second-order valence-corrected chi connectivity index (χ2v) is 1.67. The number of nitriles is 1. The first kappa shape index (κ1) is 6.51. The highest BCUT2D eigenvalue weighted by atomic mass is 79.9. The minimum absolute atomic E-state index is 0.398. The van der Waals surface area contributed by atoms with Gasteiger partial charge in [0.05, 0.1) is 7.11 Å². The van der Waals surface area contributed by atoms with Crippen molar-refractivity contribution in [3.8, 4) is 6.07 Å². The number of allylic oxidation sites excluding steroid dienone is 1. The lowest BCUT2D eigenvalue weighted by Gasteiger charge is -1.81. The van der Waals surface area contributed by atoms with Crippen molar-refractivity contribution in [2.45, 2.75) is 0 Å². The molecule has 0 atom stereocenters. The Hall–Kier alpha value is -0.490. The Morgan fingerprint density at radius 3 is 2.71 bits per heavy atom. The van der Waals surface area contributed by atoms with Crippen LogP contribution >= 0.6 is 15.9 Å². The number of methoxy groups -OCH3 is 1. The van der Waals surface area contributed by atoms with Crippen LogP contribution in [0.5, 0.6) is 0 Å². The summed E-state index contributed by atoms with van der Waals surface area (Å²) in [6.07, 6.45) is 1.32. The molecule has 0 aliphatic heterocycles. The van der Waals surface area contributed by atoms with E-state index in [0.717, 1.165) is 0 Å². The Bertz CT molecular complexity index is 113. The minimum Gasteiger partial charge on any atom is -0.502 e. The molecule has 0 unspecified atom stereocenters. The molecule has 2 nitrogen and oxygen atoms in total. The van der Waals surface area contributed by atoms with Crippen LogP contribution in [-0.4, -0.2) is 7.11 Å².